The molecule has 11 nitrogen and oxygen atoms in total. The van der Waals surface area contributed by atoms with Gasteiger partial charge >= 0.3 is 0 Å². The maximum Gasteiger partial charge on any atom is 0.229 e. The van der Waals surface area contributed by atoms with E-state index in [0.29, 0.717) is 6.61 Å². The fraction of sp³-hybridized carbons (Fsp3) is 0.909. The van der Waals surface area contributed by atoms with Gasteiger partial charge in [-0.25, -0.2) is 0 Å². The van der Waals surface area contributed by atoms with Crippen LogP contribution in [0.1, 0.15) is 58.3 Å². The molecule has 0 aromatic heterocycles. The van der Waals surface area contributed by atoms with Gasteiger partial charge in [0.05, 0.1) is 13.2 Å². The highest BCUT2D eigenvalue weighted by Crippen LogP contribution is 2.31. The van der Waals surface area contributed by atoms with E-state index < -0.39 is 68.2 Å². The standard InChI is InChI=1S/C22H40O11/c1-2-3-4-5-6-7-8-9-10-30-21-19(29)17(27)20(14(12-24)32-21)33-22-18(28)16(26)15(25)13(11-23)31-22/h13,15-19,21-29H,2-12H2,1H3/t13?,15-,16+,17+,18+,19-,21?,22-/m1/s1. The van der Waals surface area contributed by atoms with Crippen LogP contribution in [0.4, 0.5) is 0 Å². The normalized spacial score (nSPS) is 34.9. The molecule has 7 N–H and O–H groups in total. The van der Waals surface area contributed by atoms with Crippen LogP contribution in [-0.4, -0.2) is 105 Å². The van der Waals surface area contributed by atoms with Crippen LogP contribution < -0.4 is 0 Å². The van der Waals surface area contributed by atoms with Gasteiger partial charge in [-0.3, -0.25) is 0 Å². The minimum absolute atomic E-state index is 0.231. The third-order valence-corrected chi connectivity index (χ3v) is 5.92. The summed E-state index contributed by atoms with van der Waals surface area (Å²) in [6.07, 6.45) is -3.36. The molecule has 2 heterocycles. The van der Waals surface area contributed by atoms with Gasteiger partial charge < -0.3 is 54.7 Å². The van der Waals surface area contributed by atoms with Crippen molar-refractivity contribution in [1.82, 2.24) is 0 Å². The smallest absolute Gasteiger partial charge is 0.229 e. The molecule has 2 rings (SSSR count). The minimum Gasteiger partial charge on any atom is -0.460 e. The summed E-state index contributed by atoms with van der Waals surface area (Å²) in [5.74, 6) is -0.632. The van der Waals surface area contributed by atoms with Gasteiger partial charge in [0.15, 0.2) is 11.5 Å². The van der Waals surface area contributed by atoms with Gasteiger partial charge in [0.25, 0.3) is 0 Å². The van der Waals surface area contributed by atoms with E-state index in [0.717, 1.165) is 25.7 Å². The van der Waals surface area contributed by atoms with Crippen LogP contribution >= 0.6 is 0 Å². The zero-order valence-electron chi connectivity index (χ0n) is 19.2. The minimum atomic E-state index is -1.73. The zero-order valence-corrected chi connectivity index (χ0v) is 19.2. The topological polar surface area (TPSA) is 179 Å². The molecule has 194 valence electrons. The highest BCUT2D eigenvalue weighted by molar-refractivity contribution is 5.14. The molecule has 0 spiro atoms. The first-order valence-corrected chi connectivity index (χ1v) is 11.8. The molecule has 8 atom stereocenters. The van der Waals surface area contributed by atoms with Crippen molar-refractivity contribution in [3.63, 3.8) is 0 Å². The molecule has 33 heavy (non-hydrogen) atoms. The zero-order chi connectivity index (χ0) is 24.4. The van der Waals surface area contributed by atoms with Crippen LogP contribution in [0.5, 0.6) is 0 Å². The molecule has 2 aliphatic heterocycles. The van der Waals surface area contributed by atoms with Crippen LogP contribution in [0.3, 0.4) is 0 Å². The Morgan fingerprint density at radius 2 is 1.39 bits per heavy atom. The van der Waals surface area contributed by atoms with E-state index in [1.54, 1.807) is 0 Å². The third-order valence-electron chi connectivity index (χ3n) is 5.92. The van der Waals surface area contributed by atoms with Gasteiger partial charge in [-0.05, 0) is 6.42 Å². The fourth-order valence-corrected chi connectivity index (χ4v) is 3.85. The molecular formula is C22H40O11. The lowest BCUT2D eigenvalue weighted by atomic mass is 9.99. The van der Waals surface area contributed by atoms with Crippen molar-refractivity contribution >= 4 is 0 Å². The fourth-order valence-electron chi connectivity index (χ4n) is 3.85. The Morgan fingerprint density at radius 1 is 0.758 bits per heavy atom. The predicted molar refractivity (Wildman–Crippen MR) is 114 cm³/mol. The van der Waals surface area contributed by atoms with Crippen molar-refractivity contribution in [2.45, 2.75) is 107 Å². The Hall–Kier alpha value is -1.02. The van der Waals surface area contributed by atoms with Crippen LogP contribution in [0.25, 0.3) is 0 Å². The van der Waals surface area contributed by atoms with E-state index in [-0.39, 0.29) is 5.76 Å². The molecule has 2 aliphatic rings. The van der Waals surface area contributed by atoms with Gasteiger partial charge in [-0.2, -0.15) is 0 Å². The molecule has 1 saturated heterocycles. The summed E-state index contributed by atoms with van der Waals surface area (Å²) in [6, 6.07) is 0. The summed E-state index contributed by atoms with van der Waals surface area (Å²) in [5.41, 5.74) is 0. The first-order chi connectivity index (χ1) is 15.8. The lowest BCUT2D eigenvalue weighted by molar-refractivity contribution is -0.301. The Bertz CT molecular complexity index is 585. The lowest BCUT2D eigenvalue weighted by Gasteiger charge is -2.42. The van der Waals surface area contributed by atoms with Crippen molar-refractivity contribution in [1.29, 1.82) is 0 Å². The van der Waals surface area contributed by atoms with Gasteiger partial charge in [-0.15, -0.1) is 0 Å². The maximum atomic E-state index is 10.5. The van der Waals surface area contributed by atoms with Crippen molar-refractivity contribution in [3.05, 3.63) is 11.5 Å². The monoisotopic (exact) mass is 480 g/mol. The Morgan fingerprint density at radius 3 is 2.00 bits per heavy atom. The quantitative estimate of drug-likeness (QED) is 0.155. The van der Waals surface area contributed by atoms with E-state index in [9.17, 15) is 35.7 Å². The second-order valence-corrected chi connectivity index (χ2v) is 8.53. The average Bonchev–Trinajstić information content (AvgIpc) is 2.82. The number of unbranched alkanes of at least 4 members (excludes halogenated alkanes) is 7. The molecule has 0 radical (unpaired) electrons. The summed E-state index contributed by atoms with van der Waals surface area (Å²) in [7, 11) is 0. The van der Waals surface area contributed by atoms with Crippen LogP contribution in [-0.2, 0) is 18.9 Å². The SMILES string of the molecule is CCCCCCCCCCOC1OC(CO)=C(O[C@H]2OC(CO)[C@@H](O)[C@H](O)[C@@H]2O)[C@@H](O)[C@H]1O. The summed E-state index contributed by atoms with van der Waals surface area (Å²) >= 11 is 0. The first-order valence-electron chi connectivity index (χ1n) is 11.8. The number of aliphatic hydroxyl groups excluding tert-OH is 7. The molecule has 0 aromatic carbocycles. The second kappa shape index (κ2) is 14.4. The third kappa shape index (κ3) is 7.74. The summed E-state index contributed by atoms with van der Waals surface area (Å²) in [6.45, 7) is 1.12. The number of hydrogen-bond donors (Lipinski definition) is 7. The molecule has 0 aliphatic carbocycles. The Kier molecular flexibility index (Phi) is 12.3. The molecule has 0 amide bonds. The highest BCUT2D eigenvalue weighted by Gasteiger charge is 2.47. The van der Waals surface area contributed by atoms with Gasteiger partial charge in [0.2, 0.25) is 12.6 Å². The van der Waals surface area contributed by atoms with Gasteiger partial charge in [0.1, 0.15) is 43.2 Å². The maximum absolute atomic E-state index is 10.5. The van der Waals surface area contributed by atoms with Crippen LogP contribution in [0.2, 0.25) is 0 Å². The van der Waals surface area contributed by atoms with E-state index >= 15 is 0 Å². The number of hydrogen-bond acceptors (Lipinski definition) is 11. The lowest BCUT2D eigenvalue weighted by Crippen LogP contribution is -2.59. The predicted octanol–water partition coefficient (Wildman–Crippen LogP) is -0.758. The number of rotatable bonds is 14. The Labute approximate surface area is 194 Å². The van der Waals surface area contributed by atoms with E-state index in [1.807, 2.05) is 0 Å². The molecule has 0 aromatic rings. The highest BCUT2D eigenvalue weighted by atomic mass is 16.7. The van der Waals surface area contributed by atoms with E-state index in [4.69, 9.17) is 18.9 Å². The first kappa shape index (κ1) is 28.2. The molecule has 0 saturated carbocycles. The molecule has 0 bridgehead atoms. The van der Waals surface area contributed by atoms with Crippen molar-refractivity contribution in [2.24, 2.45) is 0 Å². The summed E-state index contributed by atoms with van der Waals surface area (Å²) in [4.78, 5) is 0. The van der Waals surface area contributed by atoms with E-state index in [1.165, 1.54) is 25.7 Å². The number of aliphatic hydroxyl groups is 7. The van der Waals surface area contributed by atoms with Crippen molar-refractivity contribution in [3.8, 4) is 0 Å². The van der Waals surface area contributed by atoms with E-state index in [2.05, 4.69) is 6.92 Å². The van der Waals surface area contributed by atoms with Gasteiger partial charge in [0, 0.05) is 0 Å². The van der Waals surface area contributed by atoms with Crippen molar-refractivity contribution < 1.29 is 54.7 Å². The molecular weight excluding hydrogens is 440 g/mol. The van der Waals surface area contributed by atoms with Crippen LogP contribution in [0.15, 0.2) is 11.5 Å². The second-order valence-electron chi connectivity index (χ2n) is 8.53. The average molecular weight is 481 g/mol. The molecule has 11 heteroatoms. The largest absolute Gasteiger partial charge is 0.460 e. The molecule has 2 unspecified atom stereocenters. The number of ether oxygens (including phenoxy) is 4. The van der Waals surface area contributed by atoms with Crippen molar-refractivity contribution in [2.75, 3.05) is 19.8 Å². The Balaban J connectivity index is 1.88. The van der Waals surface area contributed by atoms with Crippen LogP contribution in [0, 0.1) is 0 Å². The summed E-state index contributed by atoms with van der Waals surface area (Å²) < 4.78 is 21.6. The molecule has 1 fully saturated rings. The van der Waals surface area contributed by atoms with Gasteiger partial charge in [-0.1, -0.05) is 51.9 Å². The summed E-state index contributed by atoms with van der Waals surface area (Å²) in [5, 5.41) is 69.7.